The molecule has 1 atom stereocenters. The van der Waals surface area contributed by atoms with E-state index in [1.165, 1.54) is 14.2 Å². The van der Waals surface area contributed by atoms with Crippen molar-refractivity contribution in [2.45, 2.75) is 25.9 Å². The highest BCUT2D eigenvalue weighted by Crippen LogP contribution is 2.32. The number of esters is 1. The van der Waals surface area contributed by atoms with E-state index in [9.17, 15) is 9.59 Å². The predicted octanol–water partition coefficient (Wildman–Crippen LogP) is 2.03. The average molecular weight is 414 g/mol. The van der Waals surface area contributed by atoms with Gasteiger partial charge in [0.05, 0.1) is 24.7 Å². The molecule has 0 fully saturated rings. The lowest BCUT2D eigenvalue weighted by atomic mass is 10.2. The molecule has 0 aliphatic carbocycles. The molecule has 0 radical (unpaired) electrons. The van der Waals surface area contributed by atoms with Crippen LogP contribution in [-0.4, -0.2) is 58.1 Å². The summed E-state index contributed by atoms with van der Waals surface area (Å²) in [5.74, 6) is -0.938. The Hall–Kier alpha value is -3.40. The number of anilines is 2. The highest BCUT2D eigenvalue weighted by Gasteiger charge is 2.24. The SMILES string of the molecule is COCC(=O)Nc1c(C(=O)OC)n(C)c2ncc(N[C@@H](C)CCn3cccn3)cc12. The molecule has 0 saturated carbocycles. The maximum absolute atomic E-state index is 12.3. The monoisotopic (exact) mass is 414 g/mol. The number of nitrogens with zero attached hydrogens (tertiary/aromatic N) is 4. The number of amides is 1. The number of hydrogen-bond acceptors (Lipinski definition) is 7. The van der Waals surface area contributed by atoms with E-state index in [-0.39, 0.29) is 24.2 Å². The number of aryl methyl sites for hydroxylation is 2. The van der Waals surface area contributed by atoms with Crippen LogP contribution in [0.1, 0.15) is 23.8 Å². The summed E-state index contributed by atoms with van der Waals surface area (Å²) in [4.78, 5) is 29.0. The van der Waals surface area contributed by atoms with Gasteiger partial charge in [-0.15, -0.1) is 0 Å². The van der Waals surface area contributed by atoms with E-state index in [0.717, 1.165) is 18.7 Å². The van der Waals surface area contributed by atoms with Gasteiger partial charge < -0.3 is 24.7 Å². The quantitative estimate of drug-likeness (QED) is 0.515. The fourth-order valence-corrected chi connectivity index (χ4v) is 3.27. The van der Waals surface area contributed by atoms with Crippen molar-refractivity contribution < 1.29 is 19.1 Å². The summed E-state index contributed by atoms with van der Waals surface area (Å²) in [5, 5.41) is 11.0. The molecule has 30 heavy (non-hydrogen) atoms. The van der Waals surface area contributed by atoms with Gasteiger partial charge in [-0.1, -0.05) is 0 Å². The van der Waals surface area contributed by atoms with Crippen molar-refractivity contribution >= 4 is 34.3 Å². The van der Waals surface area contributed by atoms with E-state index in [0.29, 0.717) is 16.7 Å². The number of carbonyl (C=O) groups is 2. The van der Waals surface area contributed by atoms with E-state index >= 15 is 0 Å². The topological polar surface area (TPSA) is 112 Å². The minimum Gasteiger partial charge on any atom is -0.464 e. The first kappa shape index (κ1) is 21.3. The molecule has 2 N–H and O–H groups in total. The molecule has 10 heteroatoms. The van der Waals surface area contributed by atoms with E-state index in [2.05, 4.69) is 27.6 Å². The molecule has 0 saturated heterocycles. The first-order valence-corrected chi connectivity index (χ1v) is 9.54. The number of methoxy groups -OCH3 is 2. The van der Waals surface area contributed by atoms with E-state index in [1.54, 1.807) is 24.0 Å². The summed E-state index contributed by atoms with van der Waals surface area (Å²) in [7, 11) is 4.42. The average Bonchev–Trinajstić information content (AvgIpc) is 3.33. The minimum atomic E-state index is -0.565. The van der Waals surface area contributed by atoms with Gasteiger partial charge in [0.25, 0.3) is 0 Å². The first-order chi connectivity index (χ1) is 14.4. The summed E-state index contributed by atoms with van der Waals surface area (Å²) >= 11 is 0. The third-order valence-electron chi connectivity index (χ3n) is 4.71. The molecule has 0 aliphatic heterocycles. The Morgan fingerprint density at radius 3 is 2.77 bits per heavy atom. The lowest BCUT2D eigenvalue weighted by Crippen LogP contribution is -2.20. The van der Waals surface area contributed by atoms with Crippen LogP contribution in [0, 0.1) is 0 Å². The van der Waals surface area contributed by atoms with Crippen LogP contribution in [0.15, 0.2) is 30.7 Å². The van der Waals surface area contributed by atoms with Crippen molar-refractivity contribution in [1.29, 1.82) is 0 Å². The fraction of sp³-hybridized carbons (Fsp3) is 0.400. The molecular formula is C20H26N6O4. The number of ether oxygens (including phenoxy) is 2. The Morgan fingerprint density at radius 1 is 1.30 bits per heavy atom. The zero-order valence-electron chi connectivity index (χ0n) is 17.5. The fourth-order valence-electron chi connectivity index (χ4n) is 3.27. The number of fused-ring (bicyclic) bond motifs is 1. The lowest BCUT2D eigenvalue weighted by molar-refractivity contribution is -0.119. The standard InChI is InChI=1S/C20H26N6O4/c1-13(6-9-26-8-5-7-22-26)23-14-10-15-17(24-16(27)12-29-3)18(20(28)30-4)25(2)19(15)21-11-14/h5,7-8,10-11,13,23H,6,9,12H2,1-4H3,(H,24,27)/t13-/m0/s1. The van der Waals surface area contributed by atoms with Crippen LogP contribution in [0.4, 0.5) is 11.4 Å². The van der Waals surface area contributed by atoms with E-state index in [1.807, 2.05) is 23.0 Å². The van der Waals surface area contributed by atoms with E-state index in [4.69, 9.17) is 9.47 Å². The van der Waals surface area contributed by atoms with Crippen molar-refractivity contribution in [3.63, 3.8) is 0 Å². The molecule has 1 amide bonds. The smallest absolute Gasteiger partial charge is 0.356 e. The van der Waals surface area contributed by atoms with Crippen molar-refractivity contribution in [3.05, 3.63) is 36.4 Å². The number of hydrogen-bond donors (Lipinski definition) is 2. The highest BCUT2D eigenvalue weighted by atomic mass is 16.5. The molecule has 3 aromatic rings. The van der Waals surface area contributed by atoms with Gasteiger partial charge in [-0.05, 0) is 25.5 Å². The number of carbonyl (C=O) groups excluding carboxylic acids is 2. The Bertz CT molecular complexity index is 1030. The van der Waals surface area contributed by atoms with Gasteiger partial charge in [-0.3, -0.25) is 9.48 Å². The second-order valence-electron chi connectivity index (χ2n) is 6.95. The van der Waals surface area contributed by atoms with Crippen LogP contribution in [0.2, 0.25) is 0 Å². The third kappa shape index (κ3) is 4.60. The Balaban J connectivity index is 1.89. The molecule has 0 spiro atoms. The van der Waals surface area contributed by atoms with Gasteiger partial charge in [-0.25, -0.2) is 9.78 Å². The summed E-state index contributed by atoms with van der Waals surface area (Å²) in [6.07, 6.45) is 6.24. The minimum absolute atomic E-state index is 0.132. The van der Waals surface area contributed by atoms with E-state index < -0.39 is 5.97 Å². The second-order valence-corrected chi connectivity index (χ2v) is 6.95. The summed E-state index contributed by atoms with van der Waals surface area (Å²) < 4.78 is 13.3. The molecule has 10 nitrogen and oxygen atoms in total. The zero-order chi connectivity index (χ0) is 21.7. The molecule has 3 heterocycles. The number of rotatable bonds is 9. The second kappa shape index (κ2) is 9.40. The Labute approximate surface area is 174 Å². The van der Waals surface area contributed by atoms with Gasteiger partial charge in [0.1, 0.15) is 12.3 Å². The van der Waals surface area contributed by atoms with Gasteiger partial charge in [0.2, 0.25) is 5.91 Å². The molecule has 0 bridgehead atoms. The van der Waals surface area contributed by atoms with Crippen LogP contribution < -0.4 is 10.6 Å². The van der Waals surface area contributed by atoms with Gasteiger partial charge >= 0.3 is 5.97 Å². The van der Waals surface area contributed by atoms with Gasteiger partial charge in [-0.2, -0.15) is 5.10 Å². The predicted molar refractivity (Wildman–Crippen MR) is 112 cm³/mol. The van der Waals surface area contributed by atoms with Crippen molar-refractivity contribution in [3.8, 4) is 0 Å². The molecule has 160 valence electrons. The summed E-state index contributed by atoms with van der Waals surface area (Å²) in [6, 6.07) is 3.91. The van der Waals surface area contributed by atoms with Crippen LogP contribution in [0.5, 0.6) is 0 Å². The maximum Gasteiger partial charge on any atom is 0.356 e. The molecule has 3 rings (SSSR count). The zero-order valence-corrected chi connectivity index (χ0v) is 17.5. The Morgan fingerprint density at radius 2 is 2.10 bits per heavy atom. The van der Waals surface area contributed by atoms with Crippen LogP contribution in [0.25, 0.3) is 11.0 Å². The van der Waals surface area contributed by atoms with Crippen molar-refractivity contribution in [1.82, 2.24) is 19.3 Å². The Kier molecular flexibility index (Phi) is 6.68. The van der Waals surface area contributed by atoms with Gasteiger partial charge in [0, 0.05) is 44.5 Å². The highest BCUT2D eigenvalue weighted by molar-refractivity contribution is 6.11. The molecule has 0 unspecified atom stereocenters. The number of nitrogens with one attached hydrogen (secondary N) is 2. The van der Waals surface area contributed by atoms with Crippen LogP contribution in [-0.2, 0) is 27.9 Å². The first-order valence-electron chi connectivity index (χ1n) is 9.54. The normalized spacial score (nSPS) is 12.0. The molecule has 3 aromatic heterocycles. The third-order valence-corrected chi connectivity index (χ3v) is 4.71. The number of aromatic nitrogens is 4. The molecule has 0 aromatic carbocycles. The summed E-state index contributed by atoms with van der Waals surface area (Å²) in [6.45, 7) is 2.72. The number of pyridine rings is 1. The largest absolute Gasteiger partial charge is 0.464 e. The molecule has 0 aliphatic rings. The molecular weight excluding hydrogens is 388 g/mol. The van der Waals surface area contributed by atoms with Crippen molar-refractivity contribution in [2.24, 2.45) is 7.05 Å². The van der Waals surface area contributed by atoms with Gasteiger partial charge in [0.15, 0.2) is 5.69 Å². The van der Waals surface area contributed by atoms with Crippen LogP contribution in [0.3, 0.4) is 0 Å². The van der Waals surface area contributed by atoms with Crippen LogP contribution >= 0.6 is 0 Å². The lowest BCUT2D eigenvalue weighted by Gasteiger charge is -2.15. The summed E-state index contributed by atoms with van der Waals surface area (Å²) in [5.41, 5.74) is 1.90. The maximum atomic E-state index is 12.3. The van der Waals surface area contributed by atoms with Crippen molar-refractivity contribution in [2.75, 3.05) is 31.5 Å².